The number of hydrogen-bond donors (Lipinski definition) is 0. The van der Waals surface area contributed by atoms with E-state index in [0.717, 1.165) is 25.3 Å². The summed E-state index contributed by atoms with van der Waals surface area (Å²) in [5, 5.41) is 19.2. The fourth-order valence-electron chi connectivity index (χ4n) is 2.88. The van der Waals surface area contributed by atoms with Crippen molar-refractivity contribution in [1.82, 2.24) is 0 Å². The van der Waals surface area contributed by atoms with Crippen LogP contribution in [-0.4, -0.2) is 18.0 Å². The van der Waals surface area contributed by atoms with Crippen LogP contribution in [-0.2, 0) is 6.54 Å². The molecular formula is C21H20Cl2N5O2+. The zero-order chi connectivity index (χ0) is 21.5. The number of hydrogen-bond acceptors (Lipinski definition) is 5. The molecular weight excluding hydrogens is 425 g/mol. The summed E-state index contributed by atoms with van der Waals surface area (Å²) in [7, 11) is 0. The lowest BCUT2D eigenvalue weighted by Gasteiger charge is -2.21. The predicted octanol–water partition coefficient (Wildman–Crippen LogP) is 6.13. The second-order valence-corrected chi connectivity index (χ2v) is 7.24. The lowest BCUT2D eigenvalue weighted by Crippen LogP contribution is -2.40. The summed E-state index contributed by atoms with van der Waals surface area (Å²) in [6.07, 6.45) is 4.09. The van der Waals surface area contributed by atoms with Gasteiger partial charge in [-0.05, 0) is 31.2 Å². The van der Waals surface area contributed by atoms with Crippen LogP contribution in [0.4, 0.5) is 22.7 Å². The Hall–Kier alpha value is -3.03. The van der Waals surface area contributed by atoms with Gasteiger partial charge in [0.25, 0.3) is 5.69 Å². The highest BCUT2D eigenvalue weighted by Gasteiger charge is 2.14. The van der Waals surface area contributed by atoms with Gasteiger partial charge in [-0.2, -0.15) is 5.11 Å². The second-order valence-electron chi connectivity index (χ2n) is 6.42. The van der Waals surface area contributed by atoms with Gasteiger partial charge in [0.1, 0.15) is 5.69 Å². The Kier molecular flexibility index (Phi) is 7.32. The van der Waals surface area contributed by atoms with Gasteiger partial charge >= 0.3 is 0 Å². The van der Waals surface area contributed by atoms with Crippen LogP contribution >= 0.6 is 23.2 Å². The van der Waals surface area contributed by atoms with Crippen molar-refractivity contribution in [2.75, 3.05) is 18.0 Å². The number of non-ortho nitro benzene ring substituents is 1. The second kappa shape index (κ2) is 10.1. The third kappa shape index (κ3) is 5.52. The largest absolute Gasteiger partial charge is 0.365 e. The molecule has 9 heteroatoms. The van der Waals surface area contributed by atoms with E-state index in [9.17, 15) is 10.1 Å². The number of likely N-dealkylation sites (N-methyl/N-ethyl adjacent to an activating group) is 1. The van der Waals surface area contributed by atoms with Gasteiger partial charge in [-0.15, -0.1) is 5.11 Å². The van der Waals surface area contributed by atoms with E-state index in [1.807, 2.05) is 54.9 Å². The van der Waals surface area contributed by atoms with Gasteiger partial charge < -0.3 is 4.90 Å². The third-order valence-electron chi connectivity index (χ3n) is 4.48. The van der Waals surface area contributed by atoms with Crippen molar-refractivity contribution in [2.24, 2.45) is 10.2 Å². The van der Waals surface area contributed by atoms with E-state index in [2.05, 4.69) is 26.6 Å². The molecule has 3 aromatic rings. The molecule has 0 amide bonds. The van der Waals surface area contributed by atoms with Crippen molar-refractivity contribution in [3.63, 3.8) is 0 Å². The highest BCUT2D eigenvalue weighted by atomic mass is 35.5. The van der Waals surface area contributed by atoms with Gasteiger partial charge in [0.2, 0.25) is 0 Å². The first-order chi connectivity index (χ1) is 14.5. The van der Waals surface area contributed by atoms with Crippen LogP contribution in [0.2, 0.25) is 10.0 Å². The SMILES string of the molecule is CCN(CC[n+]1ccccc1)c1ccc(N=Nc2c(Cl)cc([N+](=O)[O-])cc2Cl)cc1. The molecule has 0 N–H and O–H groups in total. The zero-order valence-electron chi connectivity index (χ0n) is 16.3. The van der Waals surface area contributed by atoms with Gasteiger partial charge in [0, 0.05) is 36.5 Å². The molecule has 0 unspecified atom stereocenters. The standard InChI is InChI=1S/C21H20Cl2N5O2/c1-2-27(13-12-26-10-4-3-5-11-26)17-8-6-16(7-9-17)24-25-21-19(22)14-18(28(29)30)15-20(21)23/h3-11,14-15H,2,12-13H2,1H3/q+1. The molecule has 0 fully saturated rings. The van der Waals surface area contributed by atoms with Crippen molar-refractivity contribution < 1.29 is 9.49 Å². The summed E-state index contributed by atoms with van der Waals surface area (Å²) in [5.41, 5.74) is 1.71. The van der Waals surface area contributed by atoms with Gasteiger partial charge in [-0.1, -0.05) is 29.3 Å². The predicted molar refractivity (Wildman–Crippen MR) is 118 cm³/mol. The molecule has 0 aliphatic heterocycles. The molecule has 1 heterocycles. The number of aromatic nitrogens is 1. The van der Waals surface area contributed by atoms with E-state index < -0.39 is 4.92 Å². The minimum absolute atomic E-state index is 0.0742. The molecule has 0 atom stereocenters. The fourth-order valence-corrected chi connectivity index (χ4v) is 3.43. The molecule has 0 radical (unpaired) electrons. The number of benzene rings is 2. The number of nitrogens with zero attached hydrogens (tertiary/aromatic N) is 5. The summed E-state index contributed by atoms with van der Waals surface area (Å²) < 4.78 is 2.14. The van der Waals surface area contributed by atoms with E-state index in [-0.39, 0.29) is 21.4 Å². The van der Waals surface area contributed by atoms with Crippen LogP contribution in [0.15, 0.2) is 77.2 Å². The number of rotatable bonds is 8. The number of azo groups is 1. The van der Waals surface area contributed by atoms with Crippen LogP contribution in [0.3, 0.4) is 0 Å². The van der Waals surface area contributed by atoms with Gasteiger partial charge in [0.05, 0.1) is 27.2 Å². The Morgan fingerprint density at radius 1 is 1.03 bits per heavy atom. The molecule has 0 bridgehead atoms. The highest BCUT2D eigenvalue weighted by molar-refractivity contribution is 6.39. The Labute approximate surface area is 184 Å². The van der Waals surface area contributed by atoms with Gasteiger partial charge in [-0.25, -0.2) is 4.57 Å². The Morgan fingerprint density at radius 2 is 1.67 bits per heavy atom. The number of anilines is 1. The van der Waals surface area contributed by atoms with Crippen molar-refractivity contribution in [3.8, 4) is 0 Å². The van der Waals surface area contributed by atoms with E-state index in [1.165, 1.54) is 12.1 Å². The van der Waals surface area contributed by atoms with Crippen LogP contribution in [0.1, 0.15) is 6.92 Å². The molecule has 154 valence electrons. The fraction of sp³-hybridized carbons (Fsp3) is 0.190. The quantitative estimate of drug-likeness (QED) is 0.181. The maximum Gasteiger partial charge on any atom is 0.272 e. The number of nitro benzene ring substituents is 1. The maximum atomic E-state index is 10.9. The summed E-state index contributed by atoms with van der Waals surface area (Å²) in [4.78, 5) is 12.6. The van der Waals surface area contributed by atoms with Crippen molar-refractivity contribution in [3.05, 3.63) is 87.2 Å². The van der Waals surface area contributed by atoms with E-state index >= 15 is 0 Å². The highest BCUT2D eigenvalue weighted by Crippen LogP contribution is 2.37. The molecule has 3 rings (SSSR count). The molecule has 0 saturated heterocycles. The molecule has 0 spiro atoms. The zero-order valence-corrected chi connectivity index (χ0v) is 17.8. The van der Waals surface area contributed by atoms with E-state index in [1.54, 1.807) is 0 Å². The first-order valence-corrected chi connectivity index (χ1v) is 10.1. The number of pyridine rings is 1. The molecule has 0 aliphatic rings. The lowest BCUT2D eigenvalue weighted by atomic mass is 10.2. The van der Waals surface area contributed by atoms with Crippen molar-refractivity contribution in [1.29, 1.82) is 0 Å². The van der Waals surface area contributed by atoms with Crippen LogP contribution in [0, 0.1) is 10.1 Å². The molecule has 0 saturated carbocycles. The van der Waals surface area contributed by atoms with E-state index in [4.69, 9.17) is 23.2 Å². The minimum Gasteiger partial charge on any atom is -0.365 e. The third-order valence-corrected chi connectivity index (χ3v) is 5.06. The van der Waals surface area contributed by atoms with E-state index in [0.29, 0.717) is 5.69 Å². The van der Waals surface area contributed by atoms with Crippen molar-refractivity contribution in [2.45, 2.75) is 13.5 Å². The van der Waals surface area contributed by atoms with Gasteiger partial charge in [0.15, 0.2) is 18.9 Å². The Morgan fingerprint density at radius 3 is 2.23 bits per heavy atom. The Bertz CT molecular complexity index is 1020. The Balaban J connectivity index is 1.70. The monoisotopic (exact) mass is 444 g/mol. The minimum atomic E-state index is -0.562. The number of halogens is 2. The average molecular weight is 445 g/mol. The first kappa shape index (κ1) is 21.7. The van der Waals surface area contributed by atoms with Gasteiger partial charge in [-0.3, -0.25) is 10.1 Å². The smallest absolute Gasteiger partial charge is 0.272 e. The molecule has 2 aromatic carbocycles. The van der Waals surface area contributed by atoms with Crippen LogP contribution in [0.25, 0.3) is 0 Å². The van der Waals surface area contributed by atoms with Crippen LogP contribution in [0.5, 0.6) is 0 Å². The summed E-state index contributed by atoms with van der Waals surface area (Å²) >= 11 is 12.1. The average Bonchev–Trinajstić information content (AvgIpc) is 2.75. The summed E-state index contributed by atoms with van der Waals surface area (Å²) in [5.74, 6) is 0. The number of nitro groups is 1. The molecule has 0 aliphatic carbocycles. The normalized spacial score (nSPS) is 11.0. The summed E-state index contributed by atoms with van der Waals surface area (Å²) in [6, 6.07) is 16.1. The van der Waals surface area contributed by atoms with Crippen LogP contribution < -0.4 is 9.47 Å². The molecule has 1 aromatic heterocycles. The first-order valence-electron chi connectivity index (χ1n) is 9.32. The summed E-state index contributed by atoms with van der Waals surface area (Å²) in [6.45, 7) is 4.75. The topological polar surface area (TPSA) is 75.0 Å². The molecule has 7 nitrogen and oxygen atoms in total. The lowest BCUT2D eigenvalue weighted by molar-refractivity contribution is -0.694. The maximum absolute atomic E-state index is 10.9. The molecule has 30 heavy (non-hydrogen) atoms. The van der Waals surface area contributed by atoms with Crippen molar-refractivity contribution >= 4 is 46.0 Å².